The molecule has 2 aromatic rings. The fraction of sp³-hybridized carbons (Fsp3) is 0.320. The van der Waals surface area contributed by atoms with Crippen molar-refractivity contribution in [2.45, 2.75) is 26.4 Å². The number of carbonyl (C=O) groups excluding carboxylic acids is 3. The normalized spacial score (nSPS) is 27.0. The molecule has 2 aromatic carbocycles. The van der Waals surface area contributed by atoms with Crippen molar-refractivity contribution >= 4 is 34.9 Å². The number of Topliss-reactive ketones (excluding diaryl/α,β-unsaturated/α-hetero) is 1. The van der Waals surface area contributed by atoms with Crippen molar-refractivity contribution < 1.29 is 19.1 Å². The number of anilines is 1. The lowest BCUT2D eigenvalue weighted by molar-refractivity contribution is -0.123. The van der Waals surface area contributed by atoms with E-state index in [9.17, 15) is 14.4 Å². The quantitative estimate of drug-likeness (QED) is 0.391. The molecule has 5 rings (SSSR count). The van der Waals surface area contributed by atoms with Crippen LogP contribution in [0.15, 0.2) is 54.6 Å². The van der Waals surface area contributed by atoms with Crippen LogP contribution in [0.2, 0.25) is 5.02 Å². The summed E-state index contributed by atoms with van der Waals surface area (Å²) in [5.74, 6) is -0.725. The molecule has 1 aliphatic heterocycles. The van der Waals surface area contributed by atoms with E-state index < -0.39 is 6.10 Å². The summed E-state index contributed by atoms with van der Waals surface area (Å²) in [6, 6.07) is 12.1. The van der Waals surface area contributed by atoms with Gasteiger partial charge >= 0.3 is 0 Å². The van der Waals surface area contributed by atoms with Gasteiger partial charge < -0.3 is 4.74 Å². The largest absolute Gasteiger partial charge is 0.480 e. The first-order chi connectivity index (χ1) is 14.8. The molecule has 0 radical (unpaired) electrons. The Labute approximate surface area is 185 Å². The Morgan fingerprint density at radius 1 is 1.03 bits per heavy atom. The van der Waals surface area contributed by atoms with Gasteiger partial charge in [0, 0.05) is 10.6 Å². The predicted octanol–water partition coefficient (Wildman–Crippen LogP) is 4.61. The van der Waals surface area contributed by atoms with E-state index in [1.54, 1.807) is 37.3 Å². The molecule has 2 amide bonds. The highest BCUT2D eigenvalue weighted by molar-refractivity contribution is 6.31. The maximum Gasteiger partial charge on any atom is 0.238 e. The molecule has 3 aliphatic rings. The summed E-state index contributed by atoms with van der Waals surface area (Å²) in [5, 5.41) is 0.388. The van der Waals surface area contributed by atoms with E-state index in [0.717, 1.165) is 12.0 Å². The van der Waals surface area contributed by atoms with Crippen LogP contribution in [0, 0.1) is 30.6 Å². The number of halogens is 1. The van der Waals surface area contributed by atoms with Gasteiger partial charge in [-0.2, -0.15) is 0 Å². The minimum atomic E-state index is -0.798. The summed E-state index contributed by atoms with van der Waals surface area (Å²) in [5.41, 5.74) is 1.91. The number of benzene rings is 2. The molecule has 5 nitrogen and oxygen atoms in total. The van der Waals surface area contributed by atoms with E-state index in [1.165, 1.54) is 4.90 Å². The molecular formula is C25H22ClNO4. The summed E-state index contributed by atoms with van der Waals surface area (Å²) < 4.78 is 5.98. The molecule has 1 saturated heterocycles. The first kappa shape index (κ1) is 20.0. The van der Waals surface area contributed by atoms with Gasteiger partial charge in [-0.3, -0.25) is 14.4 Å². The molecule has 6 heteroatoms. The number of fused-ring (bicyclic) bond motifs is 5. The molecule has 2 bridgehead atoms. The maximum absolute atomic E-state index is 13.2. The highest BCUT2D eigenvalue weighted by Crippen LogP contribution is 2.54. The number of amides is 2. The zero-order valence-corrected chi connectivity index (χ0v) is 18.0. The highest BCUT2D eigenvalue weighted by Gasteiger charge is 2.60. The first-order valence-electron chi connectivity index (χ1n) is 10.5. The van der Waals surface area contributed by atoms with Crippen molar-refractivity contribution in [1.82, 2.24) is 0 Å². The zero-order chi connectivity index (χ0) is 21.9. The average molecular weight is 436 g/mol. The number of allylic oxidation sites excluding steroid dienone is 2. The van der Waals surface area contributed by atoms with Crippen molar-refractivity contribution in [2.75, 3.05) is 4.90 Å². The van der Waals surface area contributed by atoms with Gasteiger partial charge in [0.15, 0.2) is 6.10 Å². The summed E-state index contributed by atoms with van der Waals surface area (Å²) in [6.45, 7) is 3.61. The third kappa shape index (κ3) is 3.19. The number of ketones is 1. The minimum Gasteiger partial charge on any atom is -0.480 e. The number of aryl methyl sites for hydroxylation is 1. The van der Waals surface area contributed by atoms with Gasteiger partial charge in [0.2, 0.25) is 17.6 Å². The molecule has 2 aliphatic carbocycles. The van der Waals surface area contributed by atoms with Crippen LogP contribution in [-0.4, -0.2) is 23.7 Å². The number of carbonyl (C=O) groups is 3. The van der Waals surface area contributed by atoms with Gasteiger partial charge in [-0.15, -0.1) is 0 Å². The van der Waals surface area contributed by atoms with E-state index >= 15 is 0 Å². The van der Waals surface area contributed by atoms with Crippen LogP contribution >= 0.6 is 11.6 Å². The van der Waals surface area contributed by atoms with Gasteiger partial charge in [-0.25, -0.2) is 4.90 Å². The highest BCUT2D eigenvalue weighted by atomic mass is 35.5. The summed E-state index contributed by atoms with van der Waals surface area (Å²) in [7, 11) is 0. The summed E-state index contributed by atoms with van der Waals surface area (Å²) in [4.78, 5) is 40.5. The molecule has 0 aromatic heterocycles. The molecule has 31 heavy (non-hydrogen) atoms. The minimum absolute atomic E-state index is 0.113. The lowest BCUT2D eigenvalue weighted by Crippen LogP contribution is -2.34. The topological polar surface area (TPSA) is 63.7 Å². The molecule has 0 N–H and O–H groups in total. The molecule has 1 saturated carbocycles. The fourth-order valence-electron chi connectivity index (χ4n) is 5.10. The number of ether oxygens (including phenoxy) is 1. The van der Waals surface area contributed by atoms with E-state index in [0.29, 0.717) is 22.0 Å². The van der Waals surface area contributed by atoms with Gasteiger partial charge in [-0.1, -0.05) is 53.6 Å². The Morgan fingerprint density at radius 3 is 2.26 bits per heavy atom. The van der Waals surface area contributed by atoms with Crippen LogP contribution in [0.4, 0.5) is 5.69 Å². The fourth-order valence-corrected chi connectivity index (χ4v) is 5.27. The smallest absolute Gasteiger partial charge is 0.238 e. The Morgan fingerprint density at radius 2 is 1.65 bits per heavy atom. The van der Waals surface area contributed by atoms with E-state index in [-0.39, 0.29) is 41.3 Å². The first-order valence-corrected chi connectivity index (χ1v) is 10.9. The van der Waals surface area contributed by atoms with Crippen LogP contribution in [0.3, 0.4) is 0 Å². The maximum atomic E-state index is 13.2. The van der Waals surface area contributed by atoms with Gasteiger partial charge in [-0.05, 0) is 50.3 Å². The van der Waals surface area contributed by atoms with Crippen LogP contribution < -0.4 is 9.64 Å². The molecule has 2 fully saturated rings. The molecular weight excluding hydrogens is 414 g/mol. The van der Waals surface area contributed by atoms with Gasteiger partial charge in [0.05, 0.1) is 17.5 Å². The zero-order valence-electron chi connectivity index (χ0n) is 17.2. The van der Waals surface area contributed by atoms with Crippen LogP contribution in [0.25, 0.3) is 0 Å². The second-order valence-corrected chi connectivity index (χ2v) is 9.05. The second-order valence-electron chi connectivity index (χ2n) is 8.61. The third-order valence-electron chi connectivity index (χ3n) is 6.64. The lowest BCUT2D eigenvalue weighted by atomic mass is 9.85. The van der Waals surface area contributed by atoms with Crippen molar-refractivity contribution in [3.05, 3.63) is 70.8 Å². The van der Waals surface area contributed by atoms with Crippen molar-refractivity contribution in [2.24, 2.45) is 23.7 Å². The monoisotopic (exact) mass is 435 g/mol. The van der Waals surface area contributed by atoms with Crippen LogP contribution in [-0.2, 0) is 9.59 Å². The van der Waals surface area contributed by atoms with Crippen LogP contribution in [0.1, 0.15) is 29.3 Å². The molecule has 158 valence electrons. The SMILES string of the molecule is Cc1ccc(C(=O)[C@@H](C)Oc2ccc(Cl)cc2N2C(=O)[C@@H]3[C@H](C2=O)[C@H]2C=C[C@H]3C2)cc1. The Bertz CT molecular complexity index is 1090. The average Bonchev–Trinajstić information content (AvgIpc) is 3.43. The van der Waals surface area contributed by atoms with Crippen molar-refractivity contribution in [3.63, 3.8) is 0 Å². The van der Waals surface area contributed by atoms with Gasteiger partial charge in [0.25, 0.3) is 0 Å². The van der Waals surface area contributed by atoms with E-state index in [4.69, 9.17) is 16.3 Å². The third-order valence-corrected chi connectivity index (χ3v) is 6.88. The molecule has 1 heterocycles. The van der Waals surface area contributed by atoms with E-state index in [1.807, 2.05) is 19.1 Å². The van der Waals surface area contributed by atoms with Crippen molar-refractivity contribution in [1.29, 1.82) is 0 Å². The number of hydrogen-bond donors (Lipinski definition) is 0. The number of hydrogen-bond acceptors (Lipinski definition) is 4. The number of rotatable bonds is 5. The summed E-state index contributed by atoms with van der Waals surface area (Å²) in [6.07, 6.45) is 4.17. The second kappa shape index (κ2) is 7.34. The number of imide groups is 1. The lowest BCUT2D eigenvalue weighted by Gasteiger charge is -2.23. The predicted molar refractivity (Wildman–Crippen MR) is 117 cm³/mol. The standard InChI is InChI=1S/C25H22ClNO4/c1-13-3-5-15(6-4-13)23(28)14(2)31-20-10-9-18(26)12-19(20)27-24(29)21-16-7-8-17(11-16)22(21)25(27)30/h3-10,12,14,16-17,21-22H,11H2,1-2H3/t14-,16+,17+,21-,22+/m1/s1. The molecule has 0 unspecified atom stereocenters. The Kier molecular flexibility index (Phi) is 4.74. The molecule has 5 atom stereocenters. The Balaban J connectivity index is 1.44. The van der Waals surface area contributed by atoms with Gasteiger partial charge in [0.1, 0.15) is 5.75 Å². The van der Waals surface area contributed by atoms with Crippen LogP contribution in [0.5, 0.6) is 5.75 Å². The number of nitrogens with zero attached hydrogens (tertiary/aromatic N) is 1. The van der Waals surface area contributed by atoms with Crippen molar-refractivity contribution in [3.8, 4) is 5.75 Å². The summed E-state index contributed by atoms with van der Waals surface area (Å²) >= 11 is 6.21. The van der Waals surface area contributed by atoms with E-state index in [2.05, 4.69) is 12.2 Å². The molecule has 0 spiro atoms. The Hall–Kier alpha value is -2.92.